The summed E-state index contributed by atoms with van der Waals surface area (Å²) in [7, 11) is -3.80. The average molecular weight is 288 g/mol. The van der Waals surface area contributed by atoms with Gasteiger partial charge < -0.3 is 11.1 Å². The van der Waals surface area contributed by atoms with Gasteiger partial charge in [-0.25, -0.2) is 13.6 Å². The van der Waals surface area contributed by atoms with Gasteiger partial charge in [0, 0.05) is 5.69 Å². The van der Waals surface area contributed by atoms with E-state index < -0.39 is 10.0 Å². The summed E-state index contributed by atoms with van der Waals surface area (Å²) in [6.07, 6.45) is 0. The summed E-state index contributed by atoms with van der Waals surface area (Å²) in [6, 6.07) is 12.9. The van der Waals surface area contributed by atoms with Gasteiger partial charge in [0.25, 0.3) is 0 Å². The third-order valence-corrected chi connectivity index (χ3v) is 3.53. The number of primary sulfonamides is 1. The van der Waals surface area contributed by atoms with Crippen molar-refractivity contribution in [3.63, 3.8) is 0 Å². The largest absolute Gasteiger partial charge is 0.397 e. The minimum Gasteiger partial charge on any atom is -0.397 e. The molecule has 7 heteroatoms. The molecule has 0 spiro atoms. The fourth-order valence-corrected chi connectivity index (χ4v) is 2.18. The first-order chi connectivity index (χ1) is 9.40. The molecule has 0 aliphatic carbocycles. The molecular formula is C13H12N4O2S. The highest BCUT2D eigenvalue weighted by atomic mass is 32.2. The van der Waals surface area contributed by atoms with Crippen LogP contribution in [0.5, 0.6) is 0 Å². The lowest BCUT2D eigenvalue weighted by atomic mass is 10.2. The number of sulfonamides is 1. The highest BCUT2D eigenvalue weighted by Crippen LogP contribution is 2.26. The van der Waals surface area contributed by atoms with Crippen LogP contribution in [0.1, 0.15) is 5.56 Å². The standard InChI is InChI=1S/C13H12N4O2S/c14-8-9-2-1-3-10(6-9)17-13-7-11(20(16,18)19)4-5-12(13)15/h1-7,17H,15H2,(H2,16,18,19). The molecule has 2 rings (SSSR count). The van der Waals surface area contributed by atoms with Gasteiger partial charge in [0.1, 0.15) is 0 Å². The number of nitrogens with one attached hydrogen (secondary N) is 1. The van der Waals surface area contributed by atoms with Gasteiger partial charge in [-0.05, 0) is 36.4 Å². The Morgan fingerprint density at radius 1 is 1.15 bits per heavy atom. The lowest BCUT2D eigenvalue weighted by Gasteiger charge is -2.11. The molecule has 0 unspecified atom stereocenters. The highest BCUT2D eigenvalue weighted by molar-refractivity contribution is 7.89. The monoisotopic (exact) mass is 288 g/mol. The summed E-state index contributed by atoms with van der Waals surface area (Å²) in [5, 5.41) is 16.9. The zero-order valence-electron chi connectivity index (χ0n) is 10.4. The van der Waals surface area contributed by atoms with Gasteiger partial charge in [-0.3, -0.25) is 0 Å². The number of rotatable bonds is 3. The van der Waals surface area contributed by atoms with Crippen molar-refractivity contribution in [3.8, 4) is 6.07 Å². The number of benzene rings is 2. The molecular weight excluding hydrogens is 276 g/mol. The molecule has 0 saturated carbocycles. The molecule has 0 amide bonds. The van der Waals surface area contributed by atoms with Crippen LogP contribution < -0.4 is 16.2 Å². The van der Waals surface area contributed by atoms with E-state index in [1.165, 1.54) is 18.2 Å². The second-order valence-corrected chi connectivity index (χ2v) is 5.67. The third kappa shape index (κ3) is 3.06. The first-order valence-electron chi connectivity index (χ1n) is 5.59. The Hall–Kier alpha value is -2.56. The summed E-state index contributed by atoms with van der Waals surface area (Å²) >= 11 is 0. The van der Waals surface area contributed by atoms with Gasteiger partial charge in [-0.15, -0.1) is 0 Å². The first-order valence-corrected chi connectivity index (χ1v) is 7.14. The van der Waals surface area contributed by atoms with E-state index in [2.05, 4.69) is 5.32 Å². The maximum Gasteiger partial charge on any atom is 0.238 e. The molecule has 0 saturated heterocycles. The Balaban J connectivity index is 2.40. The van der Waals surface area contributed by atoms with Gasteiger partial charge in [-0.1, -0.05) is 6.07 Å². The van der Waals surface area contributed by atoms with Crippen LogP contribution in [0.2, 0.25) is 0 Å². The molecule has 0 fully saturated rings. The Morgan fingerprint density at radius 2 is 1.90 bits per heavy atom. The third-order valence-electron chi connectivity index (χ3n) is 2.62. The van der Waals surface area contributed by atoms with E-state index >= 15 is 0 Å². The zero-order valence-corrected chi connectivity index (χ0v) is 11.2. The molecule has 102 valence electrons. The fourth-order valence-electron chi connectivity index (χ4n) is 1.64. The summed E-state index contributed by atoms with van der Waals surface area (Å²) in [5.41, 5.74) is 7.68. The molecule has 0 bridgehead atoms. The molecule has 0 aromatic heterocycles. The number of anilines is 3. The summed E-state index contributed by atoms with van der Waals surface area (Å²) in [5.74, 6) is 0. The van der Waals surface area contributed by atoms with Crippen LogP contribution in [0.4, 0.5) is 17.1 Å². The number of hydrogen-bond acceptors (Lipinski definition) is 5. The molecule has 20 heavy (non-hydrogen) atoms. The van der Waals surface area contributed by atoms with E-state index in [4.69, 9.17) is 16.1 Å². The quantitative estimate of drug-likeness (QED) is 0.739. The lowest BCUT2D eigenvalue weighted by molar-refractivity contribution is 0.598. The van der Waals surface area contributed by atoms with Gasteiger partial charge in [-0.2, -0.15) is 5.26 Å². The minimum atomic E-state index is -3.80. The van der Waals surface area contributed by atoms with Crippen LogP contribution in [-0.4, -0.2) is 8.42 Å². The smallest absolute Gasteiger partial charge is 0.238 e. The molecule has 5 N–H and O–H groups in total. The average Bonchev–Trinajstić information content (AvgIpc) is 2.40. The second-order valence-electron chi connectivity index (χ2n) is 4.11. The predicted molar refractivity (Wildman–Crippen MR) is 76.7 cm³/mol. The number of nitrogens with zero attached hydrogens (tertiary/aromatic N) is 1. The predicted octanol–water partition coefficient (Wildman–Crippen LogP) is 1.53. The van der Waals surface area contributed by atoms with E-state index in [1.54, 1.807) is 24.3 Å². The maximum absolute atomic E-state index is 11.3. The Bertz CT molecular complexity index is 794. The number of nitrogen functional groups attached to an aromatic ring is 1. The van der Waals surface area contributed by atoms with E-state index in [9.17, 15) is 8.42 Å². The number of hydrogen-bond donors (Lipinski definition) is 3. The van der Waals surface area contributed by atoms with Crippen molar-refractivity contribution in [2.45, 2.75) is 4.90 Å². The van der Waals surface area contributed by atoms with Gasteiger partial charge in [0.05, 0.1) is 27.9 Å². The molecule has 0 heterocycles. The van der Waals surface area contributed by atoms with E-state index in [1.807, 2.05) is 6.07 Å². The summed E-state index contributed by atoms with van der Waals surface area (Å²) in [4.78, 5) is -0.0364. The number of nitrogens with two attached hydrogens (primary N) is 2. The Labute approximate surface area is 116 Å². The van der Waals surface area contributed by atoms with Gasteiger partial charge in [0.2, 0.25) is 10.0 Å². The van der Waals surface area contributed by atoms with Crippen molar-refractivity contribution < 1.29 is 8.42 Å². The molecule has 0 aliphatic heterocycles. The maximum atomic E-state index is 11.3. The summed E-state index contributed by atoms with van der Waals surface area (Å²) in [6.45, 7) is 0. The van der Waals surface area contributed by atoms with Crippen molar-refractivity contribution >= 4 is 27.1 Å². The molecule has 0 radical (unpaired) electrons. The van der Waals surface area contributed by atoms with Crippen molar-refractivity contribution in [2.24, 2.45) is 5.14 Å². The molecule has 0 aliphatic rings. The topological polar surface area (TPSA) is 122 Å². The van der Waals surface area contributed by atoms with Gasteiger partial charge in [0.15, 0.2) is 0 Å². The fraction of sp³-hybridized carbons (Fsp3) is 0. The number of nitriles is 1. The van der Waals surface area contributed by atoms with Crippen LogP contribution in [0, 0.1) is 11.3 Å². The van der Waals surface area contributed by atoms with Crippen LogP contribution in [-0.2, 0) is 10.0 Å². The first kappa shape index (κ1) is 13.9. The van der Waals surface area contributed by atoms with Crippen molar-refractivity contribution in [3.05, 3.63) is 48.0 Å². The molecule has 2 aromatic carbocycles. The highest BCUT2D eigenvalue weighted by Gasteiger charge is 2.10. The van der Waals surface area contributed by atoms with Crippen molar-refractivity contribution in [1.29, 1.82) is 5.26 Å². The van der Waals surface area contributed by atoms with E-state index in [0.717, 1.165) is 0 Å². The molecule has 2 aromatic rings. The second kappa shape index (κ2) is 5.21. The normalized spacial score (nSPS) is 10.8. The van der Waals surface area contributed by atoms with Gasteiger partial charge >= 0.3 is 0 Å². The SMILES string of the molecule is N#Cc1cccc(Nc2cc(S(N)(=O)=O)ccc2N)c1. The van der Waals surface area contributed by atoms with E-state index in [-0.39, 0.29) is 4.90 Å². The van der Waals surface area contributed by atoms with Crippen LogP contribution in [0.25, 0.3) is 0 Å². The summed E-state index contributed by atoms with van der Waals surface area (Å²) < 4.78 is 22.6. The minimum absolute atomic E-state index is 0.0364. The van der Waals surface area contributed by atoms with Crippen LogP contribution >= 0.6 is 0 Å². The zero-order chi connectivity index (χ0) is 14.8. The molecule has 0 atom stereocenters. The Morgan fingerprint density at radius 3 is 2.55 bits per heavy atom. The lowest BCUT2D eigenvalue weighted by Crippen LogP contribution is -2.12. The van der Waals surface area contributed by atoms with E-state index in [0.29, 0.717) is 22.6 Å². The van der Waals surface area contributed by atoms with Crippen LogP contribution in [0.3, 0.4) is 0 Å². The van der Waals surface area contributed by atoms with Crippen molar-refractivity contribution in [1.82, 2.24) is 0 Å². The molecule has 6 nitrogen and oxygen atoms in total. The van der Waals surface area contributed by atoms with Crippen molar-refractivity contribution in [2.75, 3.05) is 11.1 Å². The van der Waals surface area contributed by atoms with Crippen LogP contribution in [0.15, 0.2) is 47.4 Å². The Kier molecular flexibility index (Phi) is 3.61.